The zero-order chi connectivity index (χ0) is 14.2. The predicted molar refractivity (Wildman–Crippen MR) is 65.1 cm³/mol. The second kappa shape index (κ2) is 4.84. The number of rotatable bonds is 3. The molecule has 0 aliphatic rings. The summed E-state index contributed by atoms with van der Waals surface area (Å²) in [6.07, 6.45) is -4.51. The minimum atomic E-state index is -4.51. The van der Waals surface area contributed by atoms with Gasteiger partial charge in [-0.25, -0.2) is 0 Å². The highest BCUT2D eigenvalue weighted by Crippen LogP contribution is 2.31. The number of alkyl halides is 3. The van der Waals surface area contributed by atoms with E-state index in [2.05, 4.69) is 14.7 Å². The van der Waals surface area contributed by atoms with E-state index in [1.54, 1.807) is 0 Å². The third-order valence-electron chi connectivity index (χ3n) is 2.57. The van der Waals surface area contributed by atoms with Crippen molar-refractivity contribution in [2.75, 3.05) is 5.32 Å². The Morgan fingerprint density at radius 2 is 2.05 bits per heavy atom. The summed E-state index contributed by atoms with van der Waals surface area (Å²) < 4.78 is 45.8. The van der Waals surface area contributed by atoms with Crippen molar-refractivity contribution < 1.29 is 17.6 Å². The van der Waals surface area contributed by atoms with Crippen molar-refractivity contribution >= 4 is 16.7 Å². The number of hydrogen-bond acceptors (Lipinski definition) is 5. The van der Waals surface area contributed by atoms with Crippen LogP contribution in [0.2, 0.25) is 0 Å². The molecule has 0 fully saturated rings. The van der Waals surface area contributed by atoms with Crippen molar-refractivity contribution in [3.05, 3.63) is 29.0 Å². The Balaban J connectivity index is 2.13. The highest BCUT2D eigenvalue weighted by Gasteiger charge is 2.36. The summed E-state index contributed by atoms with van der Waals surface area (Å²) in [6.45, 7) is 5.45. The quantitative estimate of drug-likeness (QED) is 0.930. The van der Waals surface area contributed by atoms with Crippen LogP contribution in [0.4, 0.5) is 18.3 Å². The predicted octanol–water partition coefficient (Wildman–Crippen LogP) is 3.94. The Labute approximate surface area is 111 Å². The van der Waals surface area contributed by atoms with Crippen LogP contribution in [-0.4, -0.2) is 9.36 Å². The molecule has 2 aromatic rings. The van der Waals surface area contributed by atoms with E-state index in [9.17, 15) is 13.2 Å². The van der Waals surface area contributed by atoms with Gasteiger partial charge in [0, 0.05) is 17.1 Å². The van der Waals surface area contributed by atoms with Crippen molar-refractivity contribution in [3.63, 3.8) is 0 Å². The zero-order valence-electron chi connectivity index (χ0n) is 10.5. The van der Waals surface area contributed by atoms with Gasteiger partial charge in [-0.15, -0.1) is 0 Å². The number of anilines is 1. The van der Waals surface area contributed by atoms with E-state index in [0.29, 0.717) is 11.5 Å². The molecule has 0 amide bonds. The normalized spacial score (nSPS) is 13.6. The van der Waals surface area contributed by atoms with E-state index in [0.717, 1.165) is 17.1 Å². The molecule has 1 unspecified atom stereocenters. The summed E-state index contributed by atoms with van der Waals surface area (Å²) in [5, 5.41) is 3.03. The molecule has 0 spiro atoms. The molecule has 1 N–H and O–H groups in total. The maximum atomic E-state index is 12.4. The molecule has 4 nitrogen and oxygen atoms in total. The van der Waals surface area contributed by atoms with Gasteiger partial charge in [-0.3, -0.25) is 0 Å². The second-order valence-corrected chi connectivity index (χ2v) is 4.91. The Morgan fingerprint density at radius 1 is 1.37 bits per heavy atom. The average Bonchev–Trinajstić information content (AvgIpc) is 2.84. The van der Waals surface area contributed by atoms with E-state index in [-0.39, 0.29) is 11.2 Å². The van der Waals surface area contributed by atoms with Crippen LogP contribution >= 0.6 is 11.5 Å². The molecule has 8 heteroatoms. The van der Waals surface area contributed by atoms with Gasteiger partial charge >= 0.3 is 6.18 Å². The van der Waals surface area contributed by atoms with Gasteiger partial charge < -0.3 is 9.73 Å². The molecule has 0 radical (unpaired) electrons. The van der Waals surface area contributed by atoms with Gasteiger partial charge in [0.2, 0.25) is 11.0 Å². The van der Waals surface area contributed by atoms with Gasteiger partial charge in [0.05, 0.1) is 6.04 Å². The fraction of sp³-hybridized carbons (Fsp3) is 0.455. The highest BCUT2D eigenvalue weighted by molar-refractivity contribution is 7.09. The highest BCUT2D eigenvalue weighted by atomic mass is 32.1. The van der Waals surface area contributed by atoms with Crippen LogP contribution in [0.3, 0.4) is 0 Å². The minimum absolute atomic E-state index is 0.137. The monoisotopic (exact) mass is 291 g/mol. The molecule has 0 saturated heterocycles. The first-order valence-electron chi connectivity index (χ1n) is 5.51. The largest absolute Gasteiger partial charge is 0.466 e. The van der Waals surface area contributed by atoms with E-state index in [4.69, 9.17) is 4.42 Å². The molecular weight excluding hydrogens is 279 g/mol. The summed E-state index contributed by atoms with van der Waals surface area (Å²) in [5.41, 5.74) is 0.890. The van der Waals surface area contributed by atoms with Crippen LogP contribution in [0, 0.1) is 13.8 Å². The Kier molecular flexibility index (Phi) is 3.53. The van der Waals surface area contributed by atoms with Crippen LogP contribution < -0.4 is 5.32 Å². The number of aromatic nitrogens is 2. The van der Waals surface area contributed by atoms with Crippen molar-refractivity contribution in [3.8, 4) is 0 Å². The summed E-state index contributed by atoms with van der Waals surface area (Å²) in [5.74, 6) is 0.375. The van der Waals surface area contributed by atoms with Crippen molar-refractivity contribution in [2.45, 2.75) is 33.0 Å². The van der Waals surface area contributed by atoms with Crippen LogP contribution in [0.5, 0.6) is 0 Å². The van der Waals surface area contributed by atoms with Gasteiger partial charge in [-0.05, 0) is 26.8 Å². The third kappa shape index (κ3) is 3.06. The topological polar surface area (TPSA) is 51.0 Å². The smallest absolute Gasteiger partial charge is 0.452 e. The summed E-state index contributed by atoms with van der Waals surface area (Å²) in [7, 11) is 0. The lowest BCUT2D eigenvalue weighted by atomic mass is 10.1. The Hall–Kier alpha value is -1.57. The first-order valence-corrected chi connectivity index (χ1v) is 6.29. The average molecular weight is 291 g/mol. The van der Waals surface area contributed by atoms with Gasteiger partial charge in [-0.2, -0.15) is 22.5 Å². The first kappa shape index (κ1) is 13.9. The van der Waals surface area contributed by atoms with E-state index in [1.807, 2.05) is 26.8 Å². The molecule has 19 heavy (non-hydrogen) atoms. The third-order valence-corrected chi connectivity index (χ3v) is 3.21. The van der Waals surface area contributed by atoms with Gasteiger partial charge in [-0.1, -0.05) is 0 Å². The number of hydrogen-bond donors (Lipinski definition) is 1. The molecule has 104 valence electrons. The molecule has 2 aromatic heterocycles. The van der Waals surface area contributed by atoms with E-state index < -0.39 is 12.0 Å². The summed E-state index contributed by atoms with van der Waals surface area (Å²) in [6, 6.07) is 1.64. The van der Waals surface area contributed by atoms with Crippen LogP contribution in [0.1, 0.15) is 35.9 Å². The Morgan fingerprint density at radius 3 is 2.53 bits per heavy atom. The molecule has 0 aliphatic heterocycles. The molecule has 0 aromatic carbocycles. The number of nitrogens with zero attached hydrogens (tertiary/aromatic N) is 2. The maximum absolute atomic E-state index is 12.4. The van der Waals surface area contributed by atoms with Gasteiger partial charge in [0.25, 0.3) is 0 Å². The lowest BCUT2D eigenvalue weighted by molar-refractivity contribution is -0.144. The van der Waals surface area contributed by atoms with Crippen LogP contribution in [0.15, 0.2) is 10.5 Å². The molecule has 0 aliphatic carbocycles. The van der Waals surface area contributed by atoms with Crippen molar-refractivity contribution in [2.24, 2.45) is 0 Å². The van der Waals surface area contributed by atoms with E-state index >= 15 is 0 Å². The molecular formula is C11H12F3N3OS. The van der Waals surface area contributed by atoms with Crippen molar-refractivity contribution in [1.82, 2.24) is 9.36 Å². The molecule has 2 rings (SSSR count). The lowest BCUT2D eigenvalue weighted by Gasteiger charge is -2.11. The lowest BCUT2D eigenvalue weighted by Crippen LogP contribution is -2.09. The van der Waals surface area contributed by atoms with E-state index in [1.165, 1.54) is 0 Å². The van der Waals surface area contributed by atoms with Crippen molar-refractivity contribution in [1.29, 1.82) is 0 Å². The van der Waals surface area contributed by atoms with Gasteiger partial charge in [0.1, 0.15) is 11.5 Å². The van der Waals surface area contributed by atoms with Gasteiger partial charge in [0.15, 0.2) is 0 Å². The second-order valence-electron chi connectivity index (χ2n) is 4.16. The molecule has 1 atom stereocenters. The fourth-order valence-electron chi connectivity index (χ4n) is 1.74. The standard InChI is InChI=1S/C11H12F3N3OS/c1-5-4-8(7(3)18-5)6(2)15-10-16-9(17-19-10)11(12,13)14/h4,6H,1-3H3,(H,15,16,17). The maximum Gasteiger partial charge on any atom is 0.452 e. The minimum Gasteiger partial charge on any atom is -0.466 e. The number of aryl methyl sites for hydroxylation is 2. The molecule has 2 heterocycles. The first-order chi connectivity index (χ1) is 8.77. The number of furan rings is 1. The fourth-order valence-corrected chi connectivity index (χ4v) is 2.41. The van der Waals surface area contributed by atoms with Crippen LogP contribution in [0.25, 0.3) is 0 Å². The number of halogens is 3. The van der Waals surface area contributed by atoms with Crippen LogP contribution in [-0.2, 0) is 6.18 Å². The Bertz CT molecular complexity index is 576. The molecule has 0 bridgehead atoms. The summed E-state index contributed by atoms with van der Waals surface area (Å²) in [4.78, 5) is 3.42. The molecule has 0 saturated carbocycles. The number of nitrogens with one attached hydrogen (secondary N) is 1. The summed E-state index contributed by atoms with van der Waals surface area (Å²) >= 11 is 0.689. The zero-order valence-corrected chi connectivity index (χ0v) is 11.3. The SMILES string of the molecule is Cc1cc(C(C)Nc2nc(C(F)(F)F)ns2)c(C)o1.